The van der Waals surface area contributed by atoms with Gasteiger partial charge in [0.25, 0.3) is 0 Å². The molecule has 16 heavy (non-hydrogen) atoms. The van der Waals surface area contributed by atoms with Gasteiger partial charge >= 0.3 is 0 Å². The molecule has 1 heterocycles. The molecule has 2 nitrogen and oxygen atoms in total. The van der Waals surface area contributed by atoms with Crippen LogP contribution in [0, 0.1) is 17.0 Å². The molecule has 0 bridgehead atoms. The molecule has 1 aromatic carbocycles. The third-order valence-corrected chi connectivity index (χ3v) is 2.90. The van der Waals surface area contributed by atoms with Gasteiger partial charge in [-0.2, -0.15) is 0 Å². The maximum absolute atomic E-state index is 13.4. The minimum absolute atomic E-state index is 0.00412. The molecule has 88 valence electrons. The Kier molecular flexibility index (Phi) is 3.04. The number of rotatable bonds is 3. The fourth-order valence-corrected chi connectivity index (χ4v) is 1.83. The van der Waals surface area contributed by atoms with E-state index >= 15 is 0 Å². The summed E-state index contributed by atoms with van der Waals surface area (Å²) in [6, 6.07) is 1.90. The second-order valence-corrected chi connectivity index (χ2v) is 4.81. The monoisotopic (exact) mass is 247 g/mol. The molecule has 1 aliphatic heterocycles. The van der Waals surface area contributed by atoms with E-state index in [0.29, 0.717) is 19.8 Å². The lowest BCUT2D eigenvalue weighted by Gasteiger charge is -2.38. The van der Waals surface area contributed by atoms with Gasteiger partial charge in [0.2, 0.25) is 0 Å². The summed E-state index contributed by atoms with van der Waals surface area (Å²) < 4.78 is 31.3. The Bertz CT molecular complexity index is 384. The van der Waals surface area contributed by atoms with Gasteiger partial charge in [-0.05, 0) is 6.07 Å². The minimum atomic E-state index is -0.675. The van der Waals surface area contributed by atoms with Crippen LogP contribution in [0.2, 0.25) is 5.02 Å². The van der Waals surface area contributed by atoms with Crippen LogP contribution in [-0.2, 0) is 4.74 Å². The second kappa shape index (κ2) is 4.18. The highest BCUT2D eigenvalue weighted by Gasteiger charge is 2.33. The predicted octanol–water partition coefficient (Wildman–Crippen LogP) is 3.07. The summed E-state index contributed by atoms with van der Waals surface area (Å²) in [5.41, 5.74) is 0.153. The molecule has 0 atom stereocenters. The van der Waals surface area contributed by atoms with Crippen molar-refractivity contribution in [1.82, 2.24) is 0 Å². The topological polar surface area (TPSA) is 21.3 Å². The van der Waals surface area contributed by atoms with Gasteiger partial charge in [0.05, 0.1) is 23.9 Å². The van der Waals surface area contributed by atoms with Crippen LogP contribution in [0.15, 0.2) is 12.1 Å². The van der Waals surface area contributed by atoms with Crippen LogP contribution >= 0.6 is 11.6 Å². The van der Waals surface area contributed by atoms with E-state index in [1.54, 1.807) is 0 Å². The van der Waals surface area contributed by atoms with E-state index in [0.717, 1.165) is 12.1 Å². The Morgan fingerprint density at radius 1 is 1.44 bits per heavy atom. The highest BCUT2D eigenvalue weighted by molar-refractivity contribution is 6.33. The fourth-order valence-electron chi connectivity index (χ4n) is 1.57. The van der Waals surface area contributed by atoms with Crippen LogP contribution in [0.3, 0.4) is 0 Å². The zero-order valence-electron chi connectivity index (χ0n) is 8.82. The second-order valence-electron chi connectivity index (χ2n) is 4.40. The van der Waals surface area contributed by atoms with Crippen LogP contribution in [0.4, 0.5) is 14.5 Å². The van der Waals surface area contributed by atoms with E-state index in [9.17, 15) is 8.78 Å². The van der Waals surface area contributed by atoms with Gasteiger partial charge < -0.3 is 10.1 Å². The number of anilines is 1. The predicted molar refractivity (Wildman–Crippen MR) is 58.8 cm³/mol. The molecule has 1 fully saturated rings. The number of halogens is 3. The fraction of sp³-hybridized carbons (Fsp3) is 0.455. The molecule has 0 amide bonds. The van der Waals surface area contributed by atoms with Crippen molar-refractivity contribution in [3.8, 4) is 0 Å². The molecular weight excluding hydrogens is 236 g/mol. The number of benzene rings is 1. The Morgan fingerprint density at radius 2 is 2.12 bits per heavy atom. The third kappa shape index (κ3) is 2.28. The summed E-state index contributed by atoms with van der Waals surface area (Å²) in [6.07, 6.45) is 0. The van der Waals surface area contributed by atoms with Crippen molar-refractivity contribution in [3.05, 3.63) is 28.8 Å². The van der Waals surface area contributed by atoms with Crippen LogP contribution < -0.4 is 5.32 Å². The Labute approximate surface area is 97.5 Å². The first-order valence-corrected chi connectivity index (χ1v) is 5.34. The molecule has 1 saturated heterocycles. The number of hydrogen-bond acceptors (Lipinski definition) is 2. The quantitative estimate of drug-likeness (QED) is 0.886. The van der Waals surface area contributed by atoms with Crippen LogP contribution in [0.25, 0.3) is 0 Å². The smallest absolute Gasteiger partial charge is 0.150 e. The first-order chi connectivity index (χ1) is 7.50. The molecule has 5 heteroatoms. The van der Waals surface area contributed by atoms with Gasteiger partial charge in [-0.1, -0.05) is 18.5 Å². The van der Waals surface area contributed by atoms with Crippen LogP contribution in [0.5, 0.6) is 0 Å². The van der Waals surface area contributed by atoms with Crippen molar-refractivity contribution in [1.29, 1.82) is 0 Å². The Morgan fingerprint density at radius 3 is 2.62 bits per heavy atom. The van der Waals surface area contributed by atoms with Crippen molar-refractivity contribution >= 4 is 17.3 Å². The van der Waals surface area contributed by atoms with Crippen LogP contribution in [0.1, 0.15) is 6.92 Å². The summed E-state index contributed by atoms with van der Waals surface area (Å²) in [4.78, 5) is 0. The molecule has 0 aromatic heterocycles. The summed E-state index contributed by atoms with van der Waals surface area (Å²) >= 11 is 5.75. The molecule has 2 rings (SSSR count). The average molecular weight is 248 g/mol. The van der Waals surface area contributed by atoms with E-state index in [1.165, 1.54) is 0 Å². The van der Waals surface area contributed by atoms with Crippen molar-refractivity contribution in [3.63, 3.8) is 0 Å². The van der Waals surface area contributed by atoms with E-state index in [1.807, 2.05) is 6.92 Å². The first kappa shape index (κ1) is 11.6. The van der Waals surface area contributed by atoms with Gasteiger partial charge in [0.15, 0.2) is 5.82 Å². The van der Waals surface area contributed by atoms with Crippen LogP contribution in [-0.4, -0.2) is 19.8 Å². The van der Waals surface area contributed by atoms with Crippen molar-refractivity contribution < 1.29 is 13.5 Å². The number of nitrogens with one attached hydrogen (secondary N) is 1. The van der Waals surface area contributed by atoms with Crippen molar-refractivity contribution in [2.45, 2.75) is 6.92 Å². The van der Waals surface area contributed by atoms with Gasteiger partial charge in [-0.25, -0.2) is 8.78 Å². The maximum atomic E-state index is 13.4. The summed E-state index contributed by atoms with van der Waals surface area (Å²) in [5, 5.41) is 2.95. The lowest BCUT2D eigenvalue weighted by atomic mass is 9.88. The Hall–Kier alpha value is -0.870. The summed E-state index contributed by atoms with van der Waals surface area (Å²) in [7, 11) is 0. The molecule has 1 N–H and O–H groups in total. The molecule has 1 aromatic rings. The average Bonchev–Trinajstić information content (AvgIpc) is 2.13. The number of ether oxygens (including phenoxy) is 1. The molecule has 0 saturated carbocycles. The summed E-state index contributed by atoms with van der Waals surface area (Å²) in [6.45, 7) is 3.86. The molecule has 0 radical (unpaired) electrons. The maximum Gasteiger partial charge on any atom is 0.150 e. The van der Waals surface area contributed by atoms with Gasteiger partial charge in [0.1, 0.15) is 5.82 Å². The van der Waals surface area contributed by atoms with Gasteiger partial charge in [0, 0.05) is 18.0 Å². The lowest BCUT2D eigenvalue weighted by Crippen LogP contribution is -2.45. The van der Waals surface area contributed by atoms with Crippen molar-refractivity contribution in [2.75, 3.05) is 25.1 Å². The normalized spacial score (nSPS) is 18.0. The summed E-state index contributed by atoms with van der Waals surface area (Å²) in [5.74, 6) is -1.35. The lowest BCUT2D eigenvalue weighted by molar-refractivity contribution is -0.0924. The Balaban J connectivity index is 2.09. The molecule has 0 aliphatic carbocycles. The zero-order valence-corrected chi connectivity index (χ0v) is 9.57. The van der Waals surface area contributed by atoms with E-state index < -0.39 is 11.6 Å². The van der Waals surface area contributed by atoms with Crippen molar-refractivity contribution in [2.24, 2.45) is 5.41 Å². The van der Waals surface area contributed by atoms with E-state index in [2.05, 4.69) is 5.32 Å². The van der Waals surface area contributed by atoms with E-state index in [-0.39, 0.29) is 16.1 Å². The first-order valence-electron chi connectivity index (χ1n) is 4.96. The SMILES string of the molecule is CC1(CNc2c(F)cc(F)cc2Cl)COC1. The largest absolute Gasteiger partial charge is 0.381 e. The van der Waals surface area contributed by atoms with Gasteiger partial charge in [-0.3, -0.25) is 0 Å². The number of hydrogen-bond donors (Lipinski definition) is 1. The third-order valence-electron chi connectivity index (χ3n) is 2.60. The van der Waals surface area contributed by atoms with E-state index in [4.69, 9.17) is 16.3 Å². The standard InChI is InChI=1S/C11H12ClF2NO/c1-11(5-16-6-11)4-15-10-8(12)2-7(13)3-9(10)14/h2-3,15H,4-6H2,1H3. The molecule has 0 spiro atoms. The highest BCUT2D eigenvalue weighted by Crippen LogP contribution is 2.30. The molecule has 1 aliphatic rings. The minimum Gasteiger partial charge on any atom is -0.381 e. The highest BCUT2D eigenvalue weighted by atomic mass is 35.5. The molecule has 0 unspecified atom stereocenters. The molecular formula is C11H12ClF2NO. The zero-order chi connectivity index (χ0) is 11.8. The van der Waals surface area contributed by atoms with Gasteiger partial charge in [-0.15, -0.1) is 0 Å².